The molecule has 0 radical (unpaired) electrons. The predicted molar refractivity (Wildman–Crippen MR) is 142 cm³/mol. The van der Waals surface area contributed by atoms with Crippen molar-refractivity contribution in [2.45, 2.75) is 76.9 Å². The fraction of sp³-hybridized carbons (Fsp3) is 0.679. The van der Waals surface area contributed by atoms with Gasteiger partial charge in [-0.3, -0.25) is 14.4 Å². The molecule has 204 valence electrons. The Bertz CT molecular complexity index is 949. The molecule has 2 unspecified atom stereocenters. The molecule has 2 saturated heterocycles. The normalized spacial score (nSPS) is 26.9. The van der Waals surface area contributed by atoms with Gasteiger partial charge in [0, 0.05) is 19.6 Å². The summed E-state index contributed by atoms with van der Waals surface area (Å²) in [4.78, 5) is 41.1. The molecule has 5 N–H and O–H groups in total. The minimum Gasteiger partial charge on any atom is -0.494 e. The molecule has 3 atom stereocenters. The molecule has 4 rings (SSSR count). The van der Waals surface area contributed by atoms with E-state index in [2.05, 4.69) is 16.0 Å². The first-order valence-corrected chi connectivity index (χ1v) is 13.9. The maximum atomic E-state index is 13.3. The van der Waals surface area contributed by atoms with Gasteiger partial charge in [-0.1, -0.05) is 6.07 Å². The molecule has 0 aliphatic carbocycles. The summed E-state index contributed by atoms with van der Waals surface area (Å²) in [7, 11) is 0. The first-order chi connectivity index (χ1) is 17.9. The number of ether oxygens (including phenoxy) is 1. The van der Waals surface area contributed by atoms with Crippen molar-refractivity contribution in [3.8, 4) is 5.75 Å². The Morgan fingerprint density at radius 1 is 1.05 bits per heavy atom. The minimum atomic E-state index is -0.983. The fourth-order valence-corrected chi connectivity index (χ4v) is 5.63. The number of rotatable bonds is 3. The van der Waals surface area contributed by atoms with Gasteiger partial charge >= 0.3 is 0 Å². The number of fused-ring (bicyclic) bond motifs is 4. The molecule has 1 aromatic carbocycles. The molecule has 0 saturated carbocycles. The molecule has 0 spiro atoms. The summed E-state index contributed by atoms with van der Waals surface area (Å²) >= 11 is 0. The van der Waals surface area contributed by atoms with Crippen LogP contribution in [0.3, 0.4) is 0 Å². The molecule has 0 aromatic heterocycles. The SMILES string of the molecule is Cc1ccc2cc1CNC(=O)C(CCC1CCNCC1)NC(=O)[C@@H](N)CC(=O)N1CCCC(CCO2)C1. The molecule has 9 nitrogen and oxygen atoms in total. The number of piperidine rings is 2. The lowest BCUT2D eigenvalue weighted by Gasteiger charge is -2.33. The molecule has 3 aliphatic heterocycles. The lowest BCUT2D eigenvalue weighted by molar-refractivity contribution is -0.136. The van der Waals surface area contributed by atoms with Crippen molar-refractivity contribution in [3.05, 3.63) is 29.3 Å². The highest BCUT2D eigenvalue weighted by Crippen LogP contribution is 2.23. The van der Waals surface area contributed by atoms with Gasteiger partial charge in [-0.2, -0.15) is 0 Å². The Kier molecular flexibility index (Phi) is 9.80. The quantitative estimate of drug-likeness (QED) is 0.487. The average molecular weight is 514 g/mol. The zero-order valence-electron chi connectivity index (χ0n) is 22.1. The molecular weight excluding hydrogens is 470 g/mol. The zero-order chi connectivity index (χ0) is 26.2. The van der Waals surface area contributed by atoms with Gasteiger partial charge < -0.3 is 31.3 Å². The summed E-state index contributed by atoms with van der Waals surface area (Å²) in [6.07, 6.45) is 6.33. The van der Waals surface area contributed by atoms with E-state index in [-0.39, 0.29) is 18.2 Å². The van der Waals surface area contributed by atoms with Gasteiger partial charge in [0.15, 0.2) is 0 Å². The van der Waals surface area contributed by atoms with Crippen LogP contribution in [0.4, 0.5) is 0 Å². The first-order valence-electron chi connectivity index (χ1n) is 13.9. The molecule has 3 heterocycles. The topological polar surface area (TPSA) is 126 Å². The molecule has 2 fully saturated rings. The van der Waals surface area contributed by atoms with Crippen molar-refractivity contribution in [1.29, 1.82) is 0 Å². The van der Waals surface area contributed by atoms with Gasteiger partial charge in [0.05, 0.1) is 19.1 Å². The van der Waals surface area contributed by atoms with Crippen LogP contribution in [0.15, 0.2) is 18.2 Å². The van der Waals surface area contributed by atoms with Crippen LogP contribution in [0.5, 0.6) is 5.75 Å². The highest BCUT2D eigenvalue weighted by Gasteiger charge is 2.29. The van der Waals surface area contributed by atoms with Gasteiger partial charge in [-0.15, -0.1) is 0 Å². The van der Waals surface area contributed by atoms with Crippen LogP contribution < -0.4 is 26.4 Å². The summed E-state index contributed by atoms with van der Waals surface area (Å²) in [6.45, 7) is 6.25. The summed E-state index contributed by atoms with van der Waals surface area (Å²) in [6, 6.07) is 4.27. The van der Waals surface area contributed by atoms with Gasteiger partial charge in [-0.05, 0) is 100 Å². The van der Waals surface area contributed by atoms with E-state index >= 15 is 0 Å². The minimum absolute atomic E-state index is 0.0541. The third-order valence-corrected chi connectivity index (χ3v) is 8.13. The van der Waals surface area contributed by atoms with Crippen LogP contribution in [-0.4, -0.2) is 67.5 Å². The van der Waals surface area contributed by atoms with E-state index < -0.39 is 18.0 Å². The monoisotopic (exact) mass is 513 g/mol. The smallest absolute Gasteiger partial charge is 0.242 e. The maximum absolute atomic E-state index is 13.3. The van der Waals surface area contributed by atoms with E-state index in [0.29, 0.717) is 44.5 Å². The van der Waals surface area contributed by atoms with Crippen LogP contribution >= 0.6 is 0 Å². The third-order valence-electron chi connectivity index (χ3n) is 8.13. The number of amides is 3. The Labute approximate surface area is 220 Å². The van der Waals surface area contributed by atoms with E-state index in [4.69, 9.17) is 10.5 Å². The van der Waals surface area contributed by atoms with Crippen molar-refractivity contribution in [3.63, 3.8) is 0 Å². The highest BCUT2D eigenvalue weighted by atomic mass is 16.5. The molecular formula is C28H43N5O4. The Morgan fingerprint density at radius 2 is 1.86 bits per heavy atom. The van der Waals surface area contributed by atoms with E-state index in [9.17, 15) is 14.4 Å². The van der Waals surface area contributed by atoms with Crippen LogP contribution in [0.1, 0.15) is 62.5 Å². The number of nitrogens with two attached hydrogens (primary N) is 1. The molecule has 1 aromatic rings. The van der Waals surface area contributed by atoms with E-state index in [0.717, 1.165) is 68.5 Å². The van der Waals surface area contributed by atoms with Crippen LogP contribution in [-0.2, 0) is 20.9 Å². The Balaban J connectivity index is 1.50. The van der Waals surface area contributed by atoms with E-state index in [1.165, 1.54) is 0 Å². The molecule has 4 bridgehead atoms. The second-order valence-electron chi connectivity index (χ2n) is 10.9. The van der Waals surface area contributed by atoms with Crippen LogP contribution in [0.25, 0.3) is 0 Å². The number of hydrogen-bond acceptors (Lipinski definition) is 6. The lowest BCUT2D eigenvalue weighted by Crippen LogP contribution is -2.53. The third kappa shape index (κ3) is 7.92. The second-order valence-corrected chi connectivity index (χ2v) is 10.9. The highest BCUT2D eigenvalue weighted by molar-refractivity contribution is 5.92. The van der Waals surface area contributed by atoms with Gasteiger partial charge in [0.2, 0.25) is 17.7 Å². The predicted octanol–water partition coefficient (Wildman–Crippen LogP) is 1.61. The summed E-state index contributed by atoms with van der Waals surface area (Å²) in [5, 5.41) is 9.25. The van der Waals surface area contributed by atoms with E-state index in [1.807, 2.05) is 30.0 Å². The van der Waals surface area contributed by atoms with Crippen molar-refractivity contribution < 1.29 is 19.1 Å². The van der Waals surface area contributed by atoms with Gasteiger partial charge in [0.1, 0.15) is 11.8 Å². The van der Waals surface area contributed by atoms with Crippen molar-refractivity contribution in [1.82, 2.24) is 20.9 Å². The van der Waals surface area contributed by atoms with Crippen molar-refractivity contribution in [2.75, 3.05) is 32.8 Å². The maximum Gasteiger partial charge on any atom is 0.242 e. The molecule has 3 aliphatic rings. The largest absolute Gasteiger partial charge is 0.494 e. The standard InChI is InChI=1S/C28H43N5O4/c1-19-4-6-23-15-22(19)17-31-28(36)25(7-5-20-8-11-30-12-9-20)32-27(35)24(29)16-26(34)33-13-2-3-21(18-33)10-14-37-23/h4,6,15,20-21,24-25,30H,2-3,5,7-14,16-18,29H2,1H3,(H,31,36)(H,32,35)/t21?,24-,25?/m0/s1. The number of nitrogens with one attached hydrogen (secondary N) is 3. The number of nitrogens with zero attached hydrogens (tertiary/aromatic N) is 1. The number of benzene rings is 1. The molecule has 37 heavy (non-hydrogen) atoms. The van der Waals surface area contributed by atoms with Crippen molar-refractivity contribution >= 4 is 17.7 Å². The van der Waals surface area contributed by atoms with Crippen molar-refractivity contribution in [2.24, 2.45) is 17.6 Å². The second kappa shape index (κ2) is 13.2. The fourth-order valence-electron chi connectivity index (χ4n) is 5.63. The number of carbonyl (C=O) groups is 3. The van der Waals surface area contributed by atoms with Gasteiger partial charge in [-0.25, -0.2) is 0 Å². The Morgan fingerprint density at radius 3 is 2.68 bits per heavy atom. The average Bonchev–Trinajstić information content (AvgIpc) is 2.91. The number of aryl methyl sites for hydroxylation is 1. The zero-order valence-corrected chi connectivity index (χ0v) is 22.1. The van der Waals surface area contributed by atoms with Crippen LogP contribution in [0, 0.1) is 18.8 Å². The van der Waals surface area contributed by atoms with E-state index in [1.54, 1.807) is 0 Å². The number of hydrogen-bond donors (Lipinski definition) is 4. The number of carbonyl (C=O) groups excluding carboxylic acids is 3. The lowest BCUT2D eigenvalue weighted by atomic mass is 9.91. The van der Waals surface area contributed by atoms with Gasteiger partial charge in [0.25, 0.3) is 0 Å². The summed E-state index contributed by atoms with van der Waals surface area (Å²) in [5.41, 5.74) is 8.24. The Hall–Kier alpha value is -2.65. The molecule has 3 amide bonds. The molecule has 9 heteroatoms. The van der Waals surface area contributed by atoms with Crippen LogP contribution in [0.2, 0.25) is 0 Å². The summed E-state index contributed by atoms with van der Waals surface area (Å²) in [5.74, 6) is 0.892. The summed E-state index contributed by atoms with van der Waals surface area (Å²) < 4.78 is 6.05. The first kappa shape index (κ1) is 27.4.